The van der Waals surface area contributed by atoms with E-state index < -0.39 is 0 Å². The zero-order valence-electron chi connectivity index (χ0n) is 9.52. The predicted molar refractivity (Wildman–Crippen MR) is 70.9 cm³/mol. The van der Waals surface area contributed by atoms with E-state index in [9.17, 15) is 0 Å². The molecule has 1 aromatic carbocycles. The van der Waals surface area contributed by atoms with Gasteiger partial charge in [0.15, 0.2) is 5.82 Å². The Morgan fingerprint density at radius 1 is 1.22 bits per heavy atom. The van der Waals surface area contributed by atoms with Crippen molar-refractivity contribution in [3.05, 3.63) is 28.2 Å². The quantitative estimate of drug-likeness (QED) is 0.938. The molecule has 0 saturated heterocycles. The number of aromatic nitrogens is 3. The van der Waals surface area contributed by atoms with E-state index in [-0.39, 0.29) is 12.0 Å². The zero-order valence-corrected chi connectivity index (χ0v) is 11.0. The summed E-state index contributed by atoms with van der Waals surface area (Å²) >= 11 is 11.9. The highest BCUT2D eigenvalue weighted by atomic mass is 35.5. The molecule has 0 saturated carbocycles. The molecule has 5 nitrogen and oxygen atoms in total. The standard InChI is InChI=1S/C11H10Cl2N4O/c1-2-18-11-16-9(15-10(14)17-11)7-4-3-6(12)5-8(7)13/h3-5H,2H2,1H3,(H2,14,15,16,17). The molecule has 1 aromatic heterocycles. The SMILES string of the molecule is CCOc1nc(N)nc(-c2ccc(Cl)cc2Cl)n1. The Labute approximate surface area is 114 Å². The van der Waals surface area contributed by atoms with Crippen LogP contribution in [0.4, 0.5) is 5.95 Å². The van der Waals surface area contributed by atoms with Crippen molar-refractivity contribution >= 4 is 29.2 Å². The van der Waals surface area contributed by atoms with Gasteiger partial charge in [0, 0.05) is 10.6 Å². The van der Waals surface area contributed by atoms with E-state index in [4.69, 9.17) is 33.7 Å². The molecule has 0 aliphatic heterocycles. The second-order valence-electron chi connectivity index (χ2n) is 3.36. The van der Waals surface area contributed by atoms with Crippen molar-refractivity contribution < 1.29 is 4.74 Å². The van der Waals surface area contributed by atoms with Crippen LogP contribution in [0.3, 0.4) is 0 Å². The summed E-state index contributed by atoms with van der Waals surface area (Å²) in [5.74, 6) is 0.432. The number of rotatable bonds is 3. The molecule has 18 heavy (non-hydrogen) atoms. The molecule has 7 heteroatoms. The number of halogens is 2. The highest BCUT2D eigenvalue weighted by Crippen LogP contribution is 2.28. The highest BCUT2D eigenvalue weighted by Gasteiger charge is 2.11. The second-order valence-corrected chi connectivity index (χ2v) is 4.20. The van der Waals surface area contributed by atoms with Crippen LogP contribution in [-0.4, -0.2) is 21.6 Å². The van der Waals surface area contributed by atoms with Crippen molar-refractivity contribution in [2.75, 3.05) is 12.3 Å². The molecule has 1 heterocycles. The Morgan fingerprint density at radius 2 is 2.00 bits per heavy atom. The van der Waals surface area contributed by atoms with Crippen molar-refractivity contribution in [1.82, 2.24) is 15.0 Å². The molecule has 0 radical (unpaired) electrons. The summed E-state index contributed by atoms with van der Waals surface area (Å²) in [6.45, 7) is 2.27. The maximum absolute atomic E-state index is 6.08. The fraction of sp³-hybridized carbons (Fsp3) is 0.182. The van der Waals surface area contributed by atoms with Crippen LogP contribution in [0.2, 0.25) is 10.0 Å². The summed E-state index contributed by atoms with van der Waals surface area (Å²) in [6.07, 6.45) is 0. The molecule has 94 valence electrons. The molecule has 0 spiro atoms. The first-order valence-electron chi connectivity index (χ1n) is 5.20. The number of hydrogen-bond acceptors (Lipinski definition) is 5. The lowest BCUT2D eigenvalue weighted by atomic mass is 10.2. The molecule has 0 atom stereocenters. The fourth-order valence-corrected chi connectivity index (χ4v) is 1.85. The van der Waals surface area contributed by atoms with E-state index in [1.807, 2.05) is 6.92 Å². The third-order valence-electron chi connectivity index (χ3n) is 2.08. The predicted octanol–water partition coefficient (Wildman–Crippen LogP) is 2.83. The molecular formula is C11H10Cl2N4O. The zero-order chi connectivity index (χ0) is 13.1. The van der Waals surface area contributed by atoms with Gasteiger partial charge in [-0.1, -0.05) is 23.2 Å². The van der Waals surface area contributed by atoms with Gasteiger partial charge in [-0.2, -0.15) is 15.0 Å². The Bertz CT molecular complexity index is 577. The smallest absolute Gasteiger partial charge is 0.321 e. The lowest BCUT2D eigenvalue weighted by Gasteiger charge is -2.06. The first-order valence-corrected chi connectivity index (χ1v) is 5.95. The van der Waals surface area contributed by atoms with Gasteiger partial charge < -0.3 is 10.5 Å². The van der Waals surface area contributed by atoms with Crippen molar-refractivity contribution in [2.24, 2.45) is 0 Å². The Balaban J connectivity index is 2.49. The normalized spacial score (nSPS) is 10.4. The van der Waals surface area contributed by atoms with Crippen LogP contribution >= 0.6 is 23.2 Å². The number of nitrogens with two attached hydrogens (primary N) is 1. The van der Waals surface area contributed by atoms with Gasteiger partial charge in [-0.05, 0) is 25.1 Å². The minimum atomic E-state index is 0.0782. The van der Waals surface area contributed by atoms with Crippen molar-refractivity contribution in [3.8, 4) is 17.4 Å². The van der Waals surface area contributed by atoms with E-state index in [0.29, 0.717) is 28.0 Å². The van der Waals surface area contributed by atoms with Gasteiger partial charge in [0.25, 0.3) is 0 Å². The van der Waals surface area contributed by atoms with Crippen LogP contribution in [0, 0.1) is 0 Å². The Kier molecular flexibility index (Phi) is 3.84. The number of anilines is 1. The lowest BCUT2D eigenvalue weighted by Crippen LogP contribution is -2.04. The lowest BCUT2D eigenvalue weighted by molar-refractivity contribution is 0.312. The molecular weight excluding hydrogens is 275 g/mol. The van der Waals surface area contributed by atoms with E-state index in [2.05, 4.69) is 15.0 Å². The summed E-state index contributed by atoms with van der Waals surface area (Å²) in [5.41, 5.74) is 6.22. The van der Waals surface area contributed by atoms with Gasteiger partial charge in [-0.15, -0.1) is 0 Å². The minimum absolute atomic E-state index is 0.0782. The molecule has 0 unspecified atom stereocenters. The number of nitrogens with zero attached hydrogens (tertiary/aromatic N) is 3. The van der Waals surface area contributed by atoms with E-state index in [1.165, 1.54) is 0 Å². The van der Waals surface area contributed by atoms with E-state index in [0.717, 1.165) is 0 Å². The van der Waals surface area contributed by atoms with Gasteiger partial charge in [-0.3, -0.25) is 0 Å². The van der Waals surface area contributed by atoms with Gasteiger partial charge in [0.2, 0.25) is 5.95 Å². The van der Waals surface area contributed by atoms with Gasteiger partial charge in [0.05, 0.1) is 11.6 Å². The number of nitrogen functional groups attached to an aromatic ring is 1. The maximum atomic E-state index is 6.08. The molecule has 2 aromatic rings. The average Bonchev–Trinajstić information content (AvgIpc) is 2.28. The molecule has 0 bridgehead atoms. The van der Waals surface area contributed by atoms with Gasteiger partial charge >= 0.3 is 6.01 Å². The first-order chi connectivity index (χ1) is 8.60. The minimum Gasteiger partial charge on any atom is -0.464 e. The molecule has 2 rings (SSSR count). The summed E-state index contributed by atoms with van der Waals surface area (Å²) in [7, 11) is 0. The number of benzene rings is 1. The van der Waals surface area contributed by atoms with E-state index >= 15 is 0 Å². The summed E-state index contributed by atoms with van der Waals surface area (Å²) in [6, 6.07) is 5.20. The van der Waals surface area contributed by atoms with E-state index in [1.54, 1.807) is 18.2 Å². The molecule has 2 N–H and O–H groups in total. The summed E-state index contributed by atoms with van der Waals surface area (Å²) < 4.78 is 5.20. The largest absolute Gasteiger partial charge is 0.464 e. The van der Waals surface area contributed by atoms with Gasteiger partial charge in [-0.25, -0.2) is 0 Å². The van der Waals surface area contributed by atoms with Crippen LogP contribution in [0.5, 0.6) is 6.01 Å². The third kappa shape index (κ3) is 2.80. The van der Waals surface area contributed by atoms with Crippen LogP contribution in [0.15, 0.2) is 18.2 Å². The Morgan fingerprint density at radius 3 is 2.67 bits per heavy atom. The summed E-state index contributed by atoms with van der Waals surface area (Å²) in [5, 5.41) is 0.978. The fourth-order valence-electron chi connectivity index (χ4n) is 1.36. The average molecular weight is 285 g/mol. The topological polar surface area (TPSA) is 73.9 Å². The monoisotopic (exact) mass is 284 g/mol. The van der Waals surface area contributed by atoms with Crippen molar-refractivity contribution in [3.63, 3.8) is 0 Å². The molecule has 0 fully saturated rings. The molecule has 0 aliphatic rings. The van der Waals surface area contributed by atoms with Crippen LogP contribution in [-0.2, 0) is 0 Å². The van der Waals surface area contributed by atoms with Crippen LogP contribution in [0.25, 0.3) is 11.4 Å². The first kappa shape index (κ1) is 12.9. The molecule has 0 aliphatic carbocycles. The summed E-state index contributed by atoms with van der Waals surface area (Å²) in [4.78, 5) is 12.0. The van der Waals surface area contributed by atoms with Crippen LogP contribution < -0.4 is 10.5 Å². The van der Waals surface area contributed by atoms with Crippen molar-refractivity contribution in [2.45, 2.75) is 6.92 Å². The van der Waals surface area contributed by atoms with Crippen molar-refractivity contribution in [1.29, 1.82) is 0 Å². The van der Waals surface area contributed by atoms with Crippen LogP contribution in [0.1, 0.15) is 6.92 Å². The Hall–Kier alpha value is -1.59. The second kappa shape index (κ2) is 5.37. The maximum Gasteiger partial charge on any atom is 0.321 e. The highest BCUT2D eigenvalue weighted by molar-refractivity contribution is 6.36. The van der Waals surface area contributed by atoms with Gasteiger partial charge in [0.1, 0.15) is 0 Å². The third-order valence-corrected chi connectivity index (χ3v) is 2.63. The number of ether oxygens (including phenoxy) is 1. The number of hydrogen-bond donors (Lipinski definition) is 1. The molecule has 0 amide bonds.